The molecule has 0 amide bonds. The summed E-state index contributed by atoms with van der Waals surface area (Å²) < 4.78 is 22.1. The first-order chi connectivity index (χ1) is 5.93. The third kappa shape index (κ3) is 2.25. The Morgan fingerprint density at radius 1 is 1.69 bits per heavy atom. The van der Waals surface area contributed by atoms with Crippen molar-refractivity contribution in [3.8, 4) is 0 Å². The van der Waals surface area contributed by atoms with Crippen LogP contribution >= 0.6 is 11.3 Å². The van der Waals surface area contributed by atoms with Crippen molar-refractivity contribution in [3.63, 3.8) is 0 Å². The van der Waals surface area contributed by atoms with E-state index in [2.05, 4.69) is 4.98 Å². The van der Waals surface area contributed by atoms with Gasteiger partial charge in [-0.2, -0.15) is 0 Å². The Balaban J connectivity index is 3.17. The fourth-order valence-corrected chi connectivity index (χ4v) is 2.48. The molecule has 5 nitrogen and oxygen atoms in total. The van der Waals surface area contributed by atoms with Gasteiger partial charge in [0, 0.05) is 11.6 Å². The molecule has 1 N–H and O–H groups in total. The minimum absolute atomic E-state index is 0.0694. The van der Waals surface area contributed by atoms with Crippen LogP contribution in [0.25, 0.3) is 0 Å². The first-order valence-electron chi connectivity index (χ1n) is 3.22. The number of carboxylic acids is 1. The maximum Gasteiger partial charge on any atom is 0.328 e. The van der Waals surface area contributed by atoms with Gasteiger partial charge in [0.05, 0.1) is 11.2 Å². The van der Waals surface area contributed by atoms with Crippen LogP contribution in [0.1, 0.15) is 10.9 Å². The topological polar surface area (TPSA) is 84.3 Å². The number of thiazole rings is 1. The monoisotopic (exact) mass is 221 g/mol. The van der Waals surface area contributed by atoms with E-state index >= 15 is 0 Å². The molecule has 1 heterocycles. The highest BCUT2D eigenvalue weighted by Crippen LogP contribution is 2.21. The van der Waals surface area contributed by atoms with E-state index in [0.29, 0.717) is 0 Å². The summed E-state index contributed by atoms with van der Waals surface area (Å²) in [4.78, 5) is 14.3. The van der Waals surface area contributed by atoms with E-state index in [1.54, 1.807) is 0 Å². The fraction of sp³-hybridized carbons (Fsp3) is 0.333. The molecule has 7 heteroatoms. The molecule has 1 aromatic heterocycles. The molecule has 72 valence electrons. The second-order valence-electron chi connectivity index (χ2n) is 2.46. The number of carboxylic acid groups (broad SMARTS) is 1. The van der Waals surface area contributed by atoms with E-state index in [-0.39, 0.29) is 5.69 Å². The van der Waals surface area contributed by atoms with Crippen LogP contribution in [0.15, 0.2) is 10.9 Å². The summed E-state index contributed by atoms with van der Waals surface area (Å²) in [5, 5.41) is 8.54. The van der Waals surface area contributed by atoms with Crippen LogP contribution in [0.5, 0.6) is 0 Å². The third-order valence-corrected chi connectivity index (χ3v) is 3.28. The largest absolute Gasteiger partial charge is 0.480 e. The van der Waals surface area contributed by atoms with Crippen molar-refractivity contribution in [3.05, 3.63) is 16.6 Å². The predicted octanol–water partition coefficient (Wildman–Crippen LogP) is 0.313. The number of aromatic nitrogens is 1. The smallest absolute Gasteiger partial charge is 0.328 e. The molecule has 0 aliphatic carbocycles. The Morgan fingerprint density at radius 3 is 2.62 bits per heavy atom. The van der Waals surface area contributed by atoms with Gasteiger partial charge in [0.2, 0.25) is 5.25 Å². The summed E-state index contributed by atoms with van der Waals surface area (Å²) in [5.41, 5.74) is 1.47. The highest BCUT2D eigenvalue weighted by molar-refractivity contribution is 7.91. The van der Waals surface area contributed by atoms with Crippen LogP contribution in [0, 0.1) is 0 Å². The van der Waals surface area contributed by atoms with Gasteiger partial charge in [-0.05, 0) is 0 Å². The lowest BCUT2D eigenvalue weighted by molar-refractivity contribution is -0.136. The Morgan fingerprint density at radius 2 is 2.31 bits per heavy atom. The summed E-state index contributed by atoms with van der Waals surface area (Å²) in [7, 11) is -3.64. The average molecular weight is 221 g/mol. The molecular formula is C6H7NO4S2. The molecule has 0 radical (unpaired) electrons. The number of hydrogen-bond donors (Lipinski definition) is 1. The van der Waals surface area contributed by atoms with Crippen LogP contribution in [-0.4, -0.2) is 30.7 Å². The van der Waals surface area contributed by atoms with Crippen molar-refractivity contribution in [2.45, 2.75) is 5.25 Å². The number of nitrogens with zero attached hydrogens (tertiary/aromatic N) is 1. The Labute approximate surface area is 79.0 Å². The molecule has 0 aliphatic rings. The number of hydrogen-bond acceptors (Lipinski definition) is 5. The Kier molecular flexibility index (Phi) is 2.67. The second-order valence-corrected chi connectivity index (χ2v) is 5.31. The number of sulfone groups is 1. The van der Waals surface area contributed by atoms with E-state index in [4.69, 9.17) is 5.11 Å². The second kappa shape index (κ2) is 3.43. The van der Waals surface area contributed by atoms with Gasteiger partial charge in [-0.1, -0.05) is 0 Å². The molecule has 0 fully saturated rings. The van der Waals surface area contributed by atoms with Crippen molar-refractivity contribution in [2.24, 2.45) is 0 Å². The van der Waals surface area contributed by atoms with Crippen molar-refractivity contribution < 1.29 is 18.3 Å². The first kappa shape index (κ1) is 10.1. The normalized spacial score (nSPS) is 13.9. The van der Waals surface area contributed by atoms with Gasteiger partial charge in [-0.15, -0.1) is 11.3 Å². The lowest BCUT2D eigenvalue weighted by atomic mass is 10.3. The van der Waals surface area contributed by atoms with Crippen molar-refractivity contribution in [1.82, 2.24) is 4.98 Å². The van der Waals surface area contributed by atoms with Gasteiger partial charge in [0.25, 0.3) is 0 Å². The van der Waals surface area contributed by atoms with Crippen LogP contribution in [0.4, 0.5) is 0 Å². The van der Waals surface area contributed by atoms with E-state index in [1.165, 1.54) is 10.9 Å². The number of carbonyl (C=O) groups is 1. The molecular weight excluding hydrogens is 214 g/mol. The van der Waals surface area contributed by atoms with E-state index in [0.717, 1.165) is 17.6 Å². The van der Waals surface area contributed by atoms with E-state index < -0.39 is 21.1 Å². The van der Waals surface area contributed by atoms with Gasteiger partial charge in [-0.25, -0.2) is 13.4 Å². The van der Waals surface area contributed by atoms with Gasteiger partial charge in [0.15, 0.2) is 9.84 Å². The van der Waals surface area contributed by atoms with Crippen molar-refractivity contribution >= 4 is 27.1 Å². The maximum absolute atomic E-state index is 11.1. The van der Waals surface area contributed by atoms with Crippen molar-refractivity contribution in [1.29, 1.82) is 0 Å². The lowest BCUT2D eigenvalue weighted by Gasteiger charge is -2.05. The van der Waals surface area contributed by atoms with E-state index in [1.807, 2.05) is 0 Å². The third-order valence-electron chi connectivity index (χ3n) is 1.37. The highest BCUT2D eigenvalue weighted by atomic mass is 32.2. The molecule has 1 aromatic rings. The predicted molar refractivity (Wildman–Crippen MR) is 47.3 cm³/mol. The summed E-state index contributed by atoms with van der Waals surface area (Å²) >= 11 is 1.16. The van der Waals surface area contributed by atoms with Crippen LogP contribution < -0.4 is 0 Å². The molecule has 0 saturated heterocycles. The molecule has 1 rings (SSSR count). The molecule has 0 spiro atoms. The first-order valence-corrected chi connectivity index (χ1v) is 6.12. The zero-order valence-corrected chi connectivity index (χ0v) is 8.30. The van der Waals surface area contributed by atoms with Gasteiger partial charge in [0.1, 0.15) is 0 Å². The van der Waals surface area contributed by atoms with Gasteiger partial charge in [-0.3, -0.25) is 4.79 Å². The Bertz CT molecular complexity index is 394. The molecule has 0 saturated carbocycles. The van der Waals surface area contributed by atoms with Gasteiger partial charge < -0.3 is 5.11 Å². The average Bonchev–Trinajstić information content (AvgIpc) is 2.34. The van der Waals surface area contributed by atoms with Crippen LogP contribution in [0.3, 0.4) is 0 Å². The number of rotatable bonds is 3. The zero-order chi connectivity index (χ0) is 10.1. The maximum atomic E-state index is 11.1. The quantitative estimate of drug-likeness (QED) is 0.794. The summed E-state index contributed by atoms with van der Waals surface area (Å²) in [6, 6.07) is 0. The minimum Gasteiger partial charge on any atom is -0.480 e. The van der Waals surface area contributed by atoms with Crippen LogP contribution in [0.2, 0.25) is 0 Å². The number of aliphatic carboxylic acids is 1. The van der Waals surface area contributed by atoms with E-state index in [9.17, 15) is 13.2 Å². The fourth-order valence-electron chi connectivity index (χ4n) is 0.880. The SMILES string of the molecule is CS(=O)(=O)C(C(=O)O)c1cscn1. The highest BCUT2D eigenvalue weighted by Gasteiger charge is 2.31. The molecule has 0 aromatic carbocycles. The minimum atomic E-state index is -3.64. The van der Waals surface area contributed by atoms with Crippen LogP contribution in [-0.2, 0) is 14.6 Å². The zero-order valence-electron chi connectivity index (χ0n) is 6.67. The molecule has 0 aliphatic heterocycles. The standard InChI is InChI=1S/C6H7NO4S2/c1-13(10,11)5(6(8)9)4-2-12-3-7-4/h2-3,5H,1H3,(H,8,9). The van der Waals surface area contributed by atoms with Crippen molar-refractivity contribution in [2.75, 3.05) is 6.26 Å². The Hall–Kier alpha value is -0.950. The molecule has 1 unspecified atom stereocenters. The molecule has 0 bridgehead atoms. The lowest BCUT2D eigenvalue weighted by Crippen LogP contribution is -2.20. The van der Waals surface area contributed by atoms with Gasteiger partial charge >= 0.3 is 5.97 Å². The molecule has 13 heavy (non-hydrogen) atoms. The summed E-state index contributed by atoms with van der Waals surface area (Å²) in [5.74, 6) is -1.40. The molecule has 1 atom stereocenters. The summed E-state index contributed by atoms with van der Waals surface area (Å²) in [6.45, 7) is 0. The summed E-state index contributed by atoms with van der Waals surface area (Å²) in [6.07, 6.45) is 0.880.